The number of hydrogen-bond donors (Lipinski definition) is 1. The monoisotopic (exact) mass is 435 g/mol. The number of aliphatic carboxylic acids is 1. The number of nitrogens with zero attached hydrogens (tertiary/aromatic N) is 3. The molecular formula is C18H14ClN3O6S. The number of aromatic nitrogens is 2. The van der Waals surface area contributed by atoms with Crippen LogP contribution in [0.4, 0.5) is 5.69 Å². The van der Waals surface area contributed by atoms with Gasteiger partial charge in [0.15, 0.2) is 15.7 Å². The molecule has 0 bridgehead atoms. The van der Waals surface area contributed by atoms with E-state index in [0.29, 0.717) is 11.0 Å². The van der Waals surface area contributed by atoms with Gasteiger partial charge in [0.1, 0.15) is 16.5 Å². The number of imidazole rings is 1. The van der Waals surface area contributed by atoms with Crippen molar-refractivity contribution in [3.05, 3.63) is 69.0 Å². The van der Waals surface area contributed by atoms with Crippen molar-refractivity contribution in [1.82, 2.24) is 9.55 Å². The Balaban J connectivity index is 2.29. The van der Waals surface area contributed by atoms with E-state index in [2.05, 4.69) is 4.98 Å². The summed E-state index contributed by atoms with van der Waals surface area (Å²) in [5, 5.41) is 20.3. The van der Waals surface area contributed by atoms with Crippen molar-refractivity contribution in [3.8, 4) is 0 Å². The van der Waals surface area contributed by atoms with E-state index in [1.54, 1.807) is 24.3 Å². The van der Waals surface area contributed by atoms with Crippen LogP contribution in [0.3, 0.4) is 0 Å². The Hall–Kier alpha value is -3.24. The number of para-hydroxylation sites is 2. The van der Waals surface area contributed by atoms with Gasteiger partial charge in [-0.1, -0.05) is 29.8 Å². The third-order valence-electron chi connectivity index (χ3n) is 4.03. The number of halogens is 1. The SMILES string of the molecule is CS(=O)(=O)C(=Cc1ccc(Cl)c([N+](=O)[O-])c1)c1nc2ccccc2n1CC(=O)O. The Kier molecular flexibility index (Phi) is 5.40. The molecule has 29 heavy (non-hydrogen) atoms. The fraction of sp³-hybridized carbons (Fsp3) is 0.111. The van der Waals surface area contributed by atoms with Crippen molar-refractivity contribution < 1.29 is 23.2 Å². The first kappa shape index (κ1) is 20.5. The maximum absolute atomic E-state index is 12.5. The average molecular weight is 436 g/mol. The van der Waals surface area contributed by atoms with Gasteiger partial charge >= 0.3 is 5.97 Å². The summed E-state index contributed by atoms with van der Waals surface area (Å²) in [6, 6.07) is 10.5. The van der Waals surface area contributed by atoms with Crippen molar-refractivity contribution in [2.75, 3.05) is 6.26 Å². The van der Waals surface area contributed by atoms with Crippen molar-refractivity contribution in [3.63, 3.8) is 0 Å². The lowest BCUT2D eigenvalue weighted by molar-refractivity contribution is -0.384. The Morgan fingerprint density at radius 1 is 1.31 bits per heavy atom. The molecule has 1 N–H and O–H groups in total. The van der Waals surface area contributed by atoms with Crippen LogP contribution in [0.2, 0.25) is 5.02 Å². The van der Waals surface area contributed by atoms with Gasteiger partial charge in [-0.2, -0.15) is 0 Å². The first-order chi connectivity index (χ1) is 13.6. The minimum Gasteiger partial charge on any atom is -0.480 e. The molecule has 9 nitrogen and oxygen atoms in total. The predicted octanol–water partition coefficient (Wildman–Crippen LogP) is 3.23. The largest absolute Gasteiger partial charge is 0.480 e. The van der Waals surface area contributed by atoms with E-state index in [1.807, 2.05) is 0 Å². The minimum absolute atomic E-state index is 0.0753. The van der Waals surface area contributed by atoms with Crippen LogP contribution in [-0.4, -0.2) is 40.2 Å². The molecule has 3 rings (SSSR count). The third-order valence-corrected chi connectivity index (χ3v) is 5.45. The van der Waals surface area contributed by atoms with E-state index in [0.717, 1.165) is 12.3 Å². The molecule has 0 aliphatic carbocycles. The van der Waals surface area contributed by atoms with Gasteiger partial charge in [-0.05, 0) is 29.8 Å². The number of benzene rings is 2. The molecule has 0 fully saturated rings. The van der Waals surface area contributed by atoms with Crippen molar-refractivity contribution in [1.29, 1.82) is 0 Å². The molecule has 11 heteroatoms. The first-order valence-corrected chi connectivity index (χ1v) is 10.4. The molecule has 0 radical (unpaired) electrons. The summed E-state index contributed by atoms with van der Waals surface area (Å²) in [7, 11) is -3.88. The molecule has 1 aromatic heterocycles. The normalized spacial score (nSPS) is 12.3. The molecule has 0 unspecified atom stereocenters. The quantitative estimate of drug-likeness (QED) is 0.464. The van der Waals surface area contributed by atoms with Crippen molar-refractivity contribution >= 4 is 55.1 Å². The zero-order valence-corrected chi connectivity index (χ0v) is 16.5. The second-order valence-electron chi connectivity index (χ2n) is 6.15. The average Bonchev–Trinajstić information content (AvgIpc) is 2.97. The molecule has 2 aromatic carbocycles. The highest BCUT2D eigenvalue weighted by atomic mass is 35.5. The molecule has 0 saturated carbocycles. The van der Waals surface area contributed by atoms with Gasteiger partial charge in [-0.15, -0.1) is 0 Å². The number of carboxylic acid groups (broad SMARTS) is 1. The summed E-state index contributed by atoms with van der Waals surface area (Å²) in [6.45, 7) is -0.510. The highest BCUT2D eigenvalue weighted by molar-refractivity contribution is 8.00. The molecular weight excluding hydrogens is 422 g/mol. The summed E-state index contributed by atoms with van der Waals surface area (Å²) in [6.07, 6.45) is 2.16. The molecule has 1 heterocycles. The minimum atomic E-state index is -3.88. The molecule has 0 aliphatic rings. The number of hydrogen-bond acceptors (Lipinski definition) is 6. The zero-order chi connectivity index (χ0) is 21.3. The number of sulfone groups is 1. The maximum Gasteiger partial charge on any atom is 0.323 e. The number of fused-ring (bicyclic) bond motifs is 1. The third kappa shape index (κ3) is 4.28. The van der Waals surface area contributed by atoms with Crippen molar-refractivity contribution in [2.24, 2.45) is 0 Å². The second-order valence-corrected chi connectivity index (χ2v) is 8.54. The molecule has 150 valence electrons. The summed E-state index contributed by atoms with van der Waals surface area (Å²) in [5.74, 6) is -1.25. The van der Waals surface area contributed by atoms with Crippen LogP contribution in [0.1, 0.15) is 11.4 Å². The second kappa shape index (κ2) is 7.64. The van der Waals surface area contributed by atoms with Gasteiger partial charge in [-0.3, -0.25) is 14.9 Å². The Morgan fingerprint density at radius 2 is 2.00 bits per heavy atom. The van der Waals surface area contributed by atoms with Gasteiger partial charge in [0.2, 0.25) is 0 Å². The van der Waals surface area contributed by atoms with Crippen LogP contribution in [0.25, 0.3) is 22.0 Å². The van der Waals surface area contributed by atoms with E-state index in [4.69, 9.17) is 11.6 Å². The zero-order valence-electron chi connectivity index (χ0n) is 14.9. The van der Waals surface area contributed by atoms with E-state index >= 15 is 0 Å². The number of nitro benzene ring substituents is 1. The van der Waals surface area contributed by atoms with Crippen molar-refractivity contribution in [2.45, 2.75) is 6.54 Å². The lowest BCUT2D eigenvalue weighted by Crippen LogP contribution is -2.14. The highest BCUT2D eigenvalue weighted by Gasteiger charge is 2.24. The number of carboxylic acids is 1. The summed E-state index contributed by atoms with van der Waals surface area (Å²) < 4.78 is 26.3. The molecule has 0 saturated heterocycles. The Labute approximate surface area is 169 Å². The number of carbonyl (C=O) groups is 1. The smallest absolute Gasteiger partial charge is 0.323 e. The molecule has 0 aliphatic heterocycles. The van der Waals surface area contributed by atoms with Crippen LogP contribution in [0.5, 0.6) is 0 Å². The lowest BCUT2D eigenvalue weighted by Gasteiger charge is -2.09. The highest BCUT2D eigenvalue weighted by Crippen LogP contribution is 2.30. The fourth-order valence-electron chi connectivity index (χ4n) is 2.81. The predicted molar refractivity (Wildman–Crippen MR) is 108 cm³/mol. The molecule has 0 amide bonds. The van der Waals surface area contributed by atoms with E-state index in [9.17, 15) is 28.4 Å². The van der Waals surface area contributed by atoms with Crippen LogP contribution in [0.15, 0.2) is 42.5 Å². The number of rotatable bonds is 6. The summed E-state index contributed by atoms with van der Waals surface area (Å²) >= 11 is 5.81. The number of nitro groups is 1. The van der Waals surface area contributed by atoms with Gasteiger partial charge in [0, 0.05) is 12.3 Å². The van der Waals surface area contributed by atoms with Gasteiger partial charge in [0.25, 0.3) is 5.69 Å². The van der Waals surface area contributed by atoms with Gasteiger partial charge in [0.05, 0.1) is 16.0 Å². The van der Waals surface area contributed by atoms with Gasteiger partial charge in [-0.25, -0.2) is 13.4 Å². The Bertz CT molecular complexity index is 1280. The van der Waals surface area contributed by atoms with Crippen LogP contribution >= 0.6 is 11.6 Å². The van der Waals surface area contributed by atoms with Crippen LogP contribution in [-0.2, 0) is 21.2 Å². The van der Waals surface area contributed by atoms with Gasteiger partial charge < -0.3 is 9.67 Å². The summed E-state index contributed by atoms with van der Waals surface area (Å²) in [4.78, 5) is 25.8. The molecule has 0 atom stereocenters. The van der Waals surface area contributed by atoms with E-state index in [-0.39, 0.29) is 27.0 Å². The molecule has 0 spiro atoms. The Morgan fingerprint density at radius 3 is 2.62 bits per heavy atom. The first-order valence-electron chi connectivity index (χ1n) is 8.11. The van der Waals surface area contributed by atoms with E-state index in [1.165, 1.54) is 22.8 Å². The molecule has 3 aromatic rings. The fourth-order valence-corrected chi connectivity index (χ4v) is 3.83. The summed E-state index contributed by atoms with van der Waals surface area (Å²) in [5.41, 5.74) is 0.685. The van der Waals surface area contributed by atoms with E-state index < -0.39 is 27.3 Å². The van der Waals surface area contributed by atoms with Crippen LogP contribution in [0, 0.1) is 10.1 Å². The topological polar surface area (TPSA) is 132 Å². The lowest BCUT2D eigenvalue weighted by atomic mass is 10.2. The standard InChI is InChI=1S/C18H14ClN3O6S/c1-29(27,28)16(9-11-6-7-12(19)15(8-11)22(25)26)18-20-13-4-2-3-5-14(13)21(18)10-17(23)24/h2-9H,10H2,1H3,(H,23,24). The van der Waals surface area contributed by atoms with Crippen LogP contribution < -0.4 is 0 Å². The maximum atomic E-state index is 12.5.